The van der Waals surface area contributed by atoms with Crippen LogP contribution in [0.1, 0.15) is 30.6 Å². The molecule has 0 aliphatic heterocycles. The van der Waals surface area contributed by atoms with Crippen LogP contribution in [0.25, 0.3) is 0 Å². The Balaban J connectivity index is 1.63. The second kappa shape index (κ2) is 11.5. The molecule has 0 spiro atoms. The largest absolute Gasteiger partial charge is 0.326 e. The lowest BCUT2D eigenvalue weighted by Crippen LogP contribution is -2.24. The van der Waals surface area contributed by atoms with Gasteiger partial charge in [-0.2, -0.15) is 0 Å². The summed E-state index contributed by atoms with van der Waals surface area (Å²) in [5.74, 6) is -0.532. The van der Waals surface area contributed by atoms with Gasteiger partial charge in [0.2, 0.25) is 11.8 Å². The summed E-state index contributed by atoms with van der Waals surface area (Å²) in [5, 5.41) is 8.64. The zero-order chi connectivity index (χ0) is 23.8. The molecule has 3 aromatic rings. The van der Waals surface area contributed by atoms with E-state index in [2.05, 4.69) is 16.0 Å². The summed E-state index contributed by atoms with van der Waals surface area (Å²) in [6.07, 6.45) is 0.625. The van der Waals surface area contributed by atoms with Crippen LogP contribution in [0.2, 0.25) is 5.02 Å². The van der Waals surface area contributed by atoms with Crippen LogP contribution in [-0.2, 0) is 9.59 Å². The highest BCUT2D eigenvalue weighted by molar-refractivity contribution is 8.00. The van der Waals surface area contributed by atoms with Crippen LogP contribution >= 0.6 is 23.4 Å². The number of nitrogens with one attached hydrogen (secondary N) is 3. The van der Waals surface area contributed by atoms with Crippen molar-refractivity contribution in [1.29, 1.82) is 0 Å². The second-order valence-electron chi connectivity index (χ2n) is 7.25. The SMILES string of the molecule is CCC(Sc1cccc(NC(=O)c2cccc(Cl)c2)c1)C(=O)Nc1ccc(NC(C)=O)cc1. The van der Waals surface area contributed by atoms with Crippen LogP contribution < -0.4 is 16.0 Å². The fourth-order valence-corrected chi connectivity index (χ4v) is 4.23. The van der Waals surface area contributed by atoms with Gasteiger partial charge in [0.1, 0.15) is 0 Å². The van der Waals surface area contributed by atoms with Crippen LogP contribution in [0.5, 0.6) is 0 Å². The summed E-state index contributed by atoms with van der Waals surface area (Å²) in [7, 11) is 0. The fourth-order valence-electron chi connectivity index (χ4n) is 3.03. The minimum atomic E-state index is -0.320. The smallest absolute Gasteiger partial charge is 0.255 e. The Morgan fingerprint density at radius 2 is 1.52 bits per heavy atom. The van der Waals surface area contributed by atoms with Gasteiger partial charge in [0.05, 0.1) is 5.25 Å². The Morgan fingerprint density at radius 3 is 2.15 bits per heavy atom. The van der Waals surface area contributed by atoms with Crippen molar-refractivity contribution in [2.75, 3.05) is 16.0 Å². The molecule has 3 rings (SSSR count). The topological polar surface area (TPSA) is 87.3 Å². The van der Waals surface area contributed by atoms with Crippen LogP contribution in [0.4, 0.5) is 17.1 Å². The fraction of sp³-hybridized carbons (Fsp3) is 0.160. The molecule has 8 heteroatoms. The summed E-state index contributed by atoms with van der Waals surface area (Å²) in [6, 6.07) is 21.1. The third-order valence-corrected chi connectivity index (χ3v) is 6.19. The Hall–Kier alpha value is -3.29. The van der Waals surface area contributed by atoms with Crippen molar-refractivity contribution in [3.63, 3.8) is 0 Å². The van der Waals surface area contributed by atoms with Crippen molar-refractivity contribution >= 4 is 58.1 Å². The van der Waals surface area contributed by atoms with Gasteiger partial charge in [-0.25, -0.2) is 0 Å². The Morgan fingerprint density at radius 1 is 0.848 bits per heavy atom. The molecule has 0 saturated heterocycles. The summed E-state index contributed by atoms with van der Waals surface area (Å²) in [6.45, 7) is 3.39. The summed E-state index contributed by atoms with van der Waals surface area (Å²) in [4.78, 5) is 37.3. The van der Waals surface area contributed by atoms with E-state index < -0.39 is 0 Å². The average molecular weight is 482 g/mol. The van der Waals surface area contributed by atoms with E-state index in [0.717, 1.165) is 4.90 Å². The molecular formula is C25H24ClN3O3S. The second-order valence-corrected chi connectivity index (χ2v) is 8.97. The number of anilines is 3. The van der Waals surface area contributed by atoms with E-state index >= 15 is 0 Å². The van der Waals surface area contributed by atoms with Crippen LogP contribution in [0, 0.1) is 0 Å². The minimum absolute atomic E-state index is 0.122. The van der Waals surface area contributed by atoms with E-state index in [4.69, 9.17) is 11.6 Å². The standard InChI is InChI=1S/C25H24ClN3O3S/c1-3-23(25(32)28-20-12-10-19(11-13-20)27-16(2)30)33-22-9-5-8-21(15-22)29-24(31)17-6-4-7-18(26)14-17/h4-15,23H,3H2,1-2H3,(H,27,30)(H,28,32)(H,29,31). The number of thioether (sulfide) groups is 1. The molecule has 3 aromatic carbocycles. The molecule has 0 aliphatic rings. The molecule has 1 unspecified atom stereocenters. The molecule has 3 amide bonds. The molecule has 0 heterocycles. The number of amides is 3. The van der Waals surface area contributed by atoms with Gasteiger partial charge >= 0.3 is 0 Å². The van der Waals surface area contributed by atoms with E-state index in [9.17, 15) is 14.4 Å². The summed E-state index contributed by atoms with van der Waals surface area (Å²) < 4.78 is 0. The lowest BCUT2D eigenvalue weighted by molar-refractivity contribution is -0.116. The zero-order valence-electron chi connectivity index (χ0n) is 18.2. The highest BCUT2D eigenvalue weighted by Crippen LogP contribution is 2.29. The third-order valence-electron chi connectivity index (χ3n) is 4.59. The van der Waals surface area contributed by atoms with Crippen molar-refractivity contribution in [2.45, 2.75) is 30.4 Å². The number of hydrogen-bond acceptors (Lipinski definition) is 4. The maximum Gasteiger partial charge on any atom is 0.255 e. The molecule has 6 nitrogen and oxygen atoms in total. The van der Waals surface area contributed by atoms with E-state index in [1.54, 1.807) is 54.6 Å². The number of carbonyl (C=O) groups excluding carboxylic acids is 3. The van der Waals surface area contributed by atoms with Crippen LogP contribution in [0.15, 0.2) is 77.7 Å². The Kier molecular flexibility index (Phi) is 8.52. The van der Waals surface area contributed by atoms with Crippen molar-refractivity contribution in [1.82, 2.24) is 0 Å². The average Bonchev–Trinajstić information content (AvgIpc) is 2.78. The predicted molar refractivity (Wildman–Crippen MR) is 135 cm³/mol. The van der Waals surface area contributed by atoms with E-state index in [-0.39, 0.29) is 23.0 Å². The predicted octanol–water partition coefficient (Wildman–Crippen LogP) is 6.06. The molecule has 0 fully saturated rings. The number of carbonyl (C=O) groups is 3. The van der Waals surface area contributed by atoms with Crippen LogP contribution in [0.3, 0.4) is 0 Å². The minimum Gasteiger partial charge on any atom is -0.326 e. The van der Waals surface area contributed by atoms with Crippen molar-refractivity contribution in [3.05, 3.63) is 83.4 Å². The van der Waals surface area contributed by atoms with Gasteiger partial charge in [-0.15, -0.1) is 11.8 Å². The molecule has 0 aromatic heterocycles. The lowest BCUT2D eigenvalue weighted by Gasteiger charge is -2.16. The van der Waals surface area contributed by atoms with Gasteiger partial charge in [-0.3, -0.25) is 14.4 Å². The quantitative estimate of drug-likeness (QED) is 0.341. The molecule has 0 saturated carbocycles. The molecule has 33 heavy (non-hydrogen) atoms. The van der Waals surface area contributed by atoms with Crippen molar-refractivity contribution in [2.24, 2.45) is 0 Å². The highest BCUT2D eigenvalue weighted by Gasteiger charge is 2.18. The molecule has 3 N–H and O–H groups in total. The summed E-state index contributed by atoms with van der Waals surface area (Å²) >= 11 is 7.39. The molecule has 1 atom stereocenters. The first-order valence-corrected chi connectivity index (χ1v) is 11.6. The van der Waals surface area contributed by atoms with Gasteiger partial charge < -0.3 is 16.0 Å². The first kappa shape index (κ1) is 24.4. The van der Waals surface area contributed by atoms with E-state index in [1.165, 1.54) is 18.7 Å². The Labute approximate surface area is 202 Å². The maximum atomic E-state index is 12.8. The number of rotatable bonds is 8. The maximum absolute atomic E-state index is 12.8. The van der Waals surface area contributed by atoms with Gasteiger partial charge in [-0.1, -0.05) is 30.7 Å². The number of benzene rings is 3. The van der Waals surface area contributed by atoms with Gasteiger partial charge in [0, 0.05) is 39.5 Å². The Bertz CT molecular complexity index is 1150. The van der Waals surface area contributed by atoms with E-state index in [1.807, 2.05) is 25.1 Å². The van der Waals surface area contributed by atoms with Gasteiger partial charge in [0.15, 0.2) is 0 Å². The third kappa shape index (κ3) is 7.37. The van der Waals surface area contributed by atoms with Crippen LogP contribution in [-0.4, -0.2) is 23.0 Å². The van der Waals surface area contributed by atoms with Crippen molar-refractivity contribution < 1.29 is 14.4 Å². The molecule has 0 aliphatic carbocycles. The molecule has 0 bridgehead atoms. The molecule has 0 radical (unpaired) electrons. The van der Waals surface area contributed by atoms with E-state index in [0.29, 0.717) is 34.1 Å². The molecular weight excluding hydrogens is 458 g/mol. The lowest BCUT2D eigenvalue weighted by atomic mass is 10.2. The normalized spacial score (nSPS) is 11.4. The zero-order valence-corrected chi connectivity index (χ0v) is 19.8. The van der Waals surface area contributed by atoms with Gasteiger partial charge in [0.25, 0.3) is 5.91 Å². The molecule has 170 valence electrons. The number of hydrogen-bond donors (Lipinski definition) is 3. The summed E-state index contributed by atoms with van der Waals surface area (Å²) in [5.41, 5.74) is 2.42. The van der Waals surface area contributed by atoms with Gasteiger partial charge in [-0.05, 0) is 67.1 Å². The first-order valence-electron chi connectivity index (χ1n) is 10.4. The highest BCUT2D eigenvalue weighted by atomic mass is 35.5. The van der Waals surface area contributed by atoms with Crippen molar-refractivity contribution in [3.8, 4) is 0 Å². The number of halogens is 1. The first-order chi connectivity index (χ1) is 15.8. The monoisotopic (exact) mass is 481 g/mol.